The molecule has 1 atom stereocenters. The summed E-state index contributed by atoms with van der Waals surface area (Å²) in [5, 5.41) is 35.0. The molecule has 1 unspecified atom stereocenters. The second kappa shape index (κ2) is 13.9. The van der Waals surface area contributed by atoms with Crippen molar-refractivity contribution in [2.75, 3.05) is 11.9 Å². The molecule has 2 aromatic heterocycles. The quantitative estimate of drug-likeness (QED) is 0.144. The fraction of sp³-hybridized carbons (Fsp3) is 0.0667. The summed E-state index contributed by atoms with van der Waals surface area (Å²) in [5.74, 6) is -0.906. The van der Waals surface area contributed by atoms with Gasteiger partial charge in [-0.05, 0) is 70.6 Å². The van der Waals surface area contributed by atoms with E-state index in [-0.39, 0.29) is 23.7 Å². The van der Waals surface area contributed by atoms with Crippen molar-refractivity contribution < 1.29 is 19.5 Å². The van der Waals surface area contributed by atoms with Crippen LogP contribution in [0.25, 0.3) is 22.9 Å². The standard InChI is InChI=1S/C30H24ClN9O5/c31-21-9-12-26(40-17-33-38-39-40)20(14-21)8-13-27(41)35-25(16-32-28(42)19-4-2-1-3-5-19)24-15-23(29(43)37-36-24)18-6-10-22(11-7-18)34-30(44)45/h1-15,17,25,34H,16H2,(H,32,42)(H,35,41)(H,37,43)(H,44,45). The fourth-order valence-electron chi connectivity index (χ4n) is 4.31. The van der Waals surface area contributed by atoms with Crippen molar-refractivity contribution in [3.63, 3.8) is 0 Å². The molecule has 5 aromatic rings. The van der Waals surface area contributed by atoms with Crippen LogP contribution in [-0.4, -0.2) is 60.0 Å². The first-order valence-electron chi connectivity index (χ1n) is 13.3. The Labute approximate surface area is 259 Å². The van der Waals surface area contributed by atoms with Crippen LogP contribution in [0.4, 0.5) is 10.5 Å². The maximum absolute atomic E-state index is 13.2. The summed E-state index contributed by atoms with van der Waals surface area (Å²) >= 11 is 6.19. The third kappa shape index (κ3) is 7.82. The van der Waals surface area contributed by atoms with E-state index in [4.69, 9.17) is 16.7 Å². The zero-order chi connectivity index (χ0) is 31.8. The van der Waals surface area contributed by atoms with Gasteiger partial charge in [-0.15, -0.1) is 5.10 Å². The van der Waals surface area contributed by atoms with E-state index in [2.05, 4.69) is 41.7 Å². The topological polar surface area (TPSA) is 197 Å². The number of rotatable bonds is 10. The molecule has 0 aliphatic heterocycles. The zero-order valence-electron chi connectivity index (χ0n) is 23.2. The van der Waals surface area contributed by atoms with Gasteiger partial charge in [0.1, 0.15) is 6.33 Å². The number of H-pyrrole nitrogens is 1. The lowest BCUT2D eigenvalue weighted by atomic mass is 10.0. The van der Waals surface area contributed by atoms with Crippen molar-refractivity contribution in [3.05, 3.63) is 123 Å². The van der Waals surface area contributed by atoms with E-state index in [0.29, 0.717) is 33.1 Å². The van der Waals surface area contributed by atoms with E-state index in [1.54, 1.807) is 60.7 Å². The van der Waals surface area contributed by atoms with Crippen LogP contribution in [0.15, 0.2) is 96.1 Å². The van der Waals surface area contributed by atoms with Crippen molar-refractivity contribution in [2.45, 2.75) is 6.04 Å². The number of carbonyl (C=O) groups is 3. The molecule has 0 bridgehead atoms. The molecular formula is C30H24ClN9O5. The minimum absolute atomic E-state index is 0.0691. The van der Waals surface area contributed by atoms with Crippen LogP contribution in [0.2, 0.25) is 5.02 Å². The summed E-state index contributed by atoms with van der Waals surface area (Å²) in [4.78, 5) is 49.7. The molecule has 226 valence electrons. The number of hydrogen-bond donors (Lipinski definition) is 5. The van der Waals surface area contributed by atoms with Gasteiger partial charge in [-0.25, -0.2) is 9.89 Å². The highest BCUT2D eigenvalue weighted by molar-refractivity contribution is 6.30. The molecule has 5 rings (SSSR count). The molecule has 2 heterocycles. The Morgan fingerprint density at radius 1 is 1.02 bits per heavy atom. The molecule has 0 aliphatic carbocycles. The third-order valence-electron chi connectivity index (χ3n) is 6.45. The summed E-state index contributed by atoms with van der Waals surface area (Å²) in [6.07, 6.45) is 3.00. The lowest BCUT2D eigenvalue weighted by molar-refractivity contribution is -0.117. The van der Waals surface area contributed by atoms with Crippen LogP contribution in [0.1, 0.15) is 27.7 Å². The minimum atomic E-state index is -1.22. The molecule has 0 fully saturated rings. The van der Waals surface area contributed by atoms with Crippen molar-refractivity contribution in [2.24, 2.45) is 0 Å². The van der Waals surface area contributed by atoms with Gasteiger partial charge >= 0.3 is 6.09 Å². The maximum atomic E-state index is 13.2. The minimum Gasteiger partial charge on any atom is -0.465 e. The van der Waals surface area contributed by atoms with E-state index in [1.807, 2.05) is 0 Å². The number of amides is 3. The van der Waals surface area contributed by atoms with Crippen molar-refractivity contribution in [3.8, 4) is 16.8 Å². The summed E-state index contributed by atoms with van der Waals surface area (Å²) < 4.78 is 1.42. The molecule has 14 nitrogen and oxygen atoms in total. The molecule has 0 spiro atoms. The van der Waals surface area contributed by atoms with Gasteiger partial charge in [0.15, 0.2) is 0 Å². The van der Waals surface area contributed by atoms with Gasteiger partial charge in [0.05, 0.1) is 23.0 Å². The summed E-state index contributed by atoms with van der Waals surface area (Å²) in [6.45, 7) is -0.0691. The van der Waals surface area contributed by atoms with Crippen molar-refractivity contribution in [1.29, 1.82) is 0 Å². The van der Waals surface area contributed by atoms with Crippen LogP contribution in [0.3, 0.4) is 0 Å². The van der Waals surface area contributed by atoms with Gasteiger partial charge in [-0.3, -0.25) is 19.7 Å². The van der Waals surface area contributed by atoms with Crippen LogP contribution in [-0.2, 0) is 4.79 Å². The number of carbonyl (C=O) groups excluding carboxylic acids is 2. The summed E-state index contributed by atoms with van der Waals surface area (Å²) in [6, 6.07) is 20.3. The number of benzene rings is 3. The highest BCUT2D eigenvalue weighted by Crippen LogP contribution is 2.22. The average molecular weight is 626 g/mol. The highest BCUT2D eigenvalue weighted by atomic mass is 35.5. The molecule has 0 aliphatic rings. The van der Waals surface area contributed by atoms with E-state index >= 15 is 0 Å². The molecule has 0 saturated carbocycles. The number of aromatic nitrogens is 6. The van der Waals surface area contributed by atoms with Gasteiger partial charge in [-0.2, -0.15) is 9.78 Å². The van der Waals surface area contributed by atoms with Crippen LogP contribution in [0.5, 0.6) is 0 Å². The maximum Gasteiger partial charge on any atom is 0.409 e. The SMILES string of the molecule is O=C(O)Nc1ccc(-c2cc(C(CNC(=O)c3ccccc3)NC(=O)C=Cc3cc(Cl)ccc3-n3cnnn3)n[nH]c2=O)cc1. The first-order chi connectivity index (χ1) is 21.8. The van der Waals surface area contributed by atoms with E-state index in [9.17, 15) is 19.2 Å². The first-order valence-corrected chi connectivity index (χ1v) is 13.7. The van der Waals surface area contributed by atoms with E-state index in [1.165, 1.54) is 41.4 Å². The molecule has 45 heavy (non-hydrogen) atoms. The average Bonchev–Trinajstić information content (AvgIpc) is 3.58. The Hall–Kier alpha value is -6.15. The lowest BCUT2D eigenvalue weighted by Crippen LogP contribution is -2.38. The first kappa shape index (κ1) is 30.3. The number of anilines is 1. The van der Waals surface area contributed by atoms with Crippen LogP contribution >= 0.6 is 11.6 Å². The van der Waals surface area contributed by atoms with Crippen molar-refractivity contribution in [1.82, 2.24) is 41.0 Å². The number of hydrogen-bond acceptors (Lipinski definition) is 8. The Balaban J connectivity index is 1.42. The second-order valence-corrected chi connectivity index (χ2v) is 9.91. The molecule has 0 saturated heterocycles. The number of nitrogens with one attached hydrogen (secondary N) is 4. The molecule has 3 amide bonds. The molecule has 0 radical (unpaired) electrons. The molecule has 15 heteroatoms. The van der Waals surface area contributed by atoms with Gasteiger partial charge < -0.3 is 15.7 Å². The number of nitrogens with zero attached hydrogens (tertiary/aromatic N) is 5. The van der Waals surface area contributed by atoms with Crippen LogP contribution in [0, 0.1) is 0 Å². The zero-order valence-corrected chi connectivity index (χ0v) is 24.0. The normalized spacial score (nSPS) is 11.6. The van der Waals surface area contributed by atoms with Gasteiger partial charge in [0.2, 0.25) is 5.91 Å². The van der Waals surface area contributed by atoms with E-state index < -0.39 is 23.6 Å². The molecule has 3 aromatic carbocycles. The largest absolute Gasteiger partial charge is 0.465 e. The number of halogens is 1. The van der Waals surface area contributed by atoms with E-state index in [0.717, 1.165) is 0 Å². The Morgan fingerprint density at radius 2 is 1.80 bits per heavy atom. The Morgan fingerprint density at radius 3 is 2.51 bits per heavy atom. The third-order valence-corrected chi connectivity index (χ3v) is 6.68. The number of carboxylic acid groups (broad SMARTS) is 1. The lowest BCUT2D eigenvalue weighted by Gasteiger charge is -2.19. The molecule has 5 N–H and O–H groups in total. The number of tetrazole rings is 1. The van der Waals surface area contributed by atoms with Crippen molar-refractivity contribution >= 4 is 41.3 Å². The summed E-state index contributed by atoms with van der Waals surface area (Å²) in [7, 11) is 0. The number of aromatic amines is 1. The Bertz CT molecular complexity index is 1910. The van der Waals surface area contributed by atoms with Gasteiger partial charge in [-0.1, -0.05) is 41.9 Å². The second-order valence-electron chi connectivity index (χ2n) is 9.47. The fourth-order valence-corrected chi connectivity index (χ4v) is 4.49. The smallest absolute Gasteiger partial charge is 0.409 e. The predicted octanol–water partition coefficient (Wildman–Crippen LogP) is 3.46. The van der Waals surface area contributed by atoms with Gasteiger partial charge in [0, 0.05) is 34.5 Å². The Kier molecular flexibility index (Phi) is 9.35. The monoisotopic (exact) mass is 625 g/mol. The molecular weight excluding hydrogens is 602 g/mol. The predicted molar refractivity (Wildman–Crippen MR) is 165 cm³/mol. The van der Waals surface area contributed by atoms with Crippen LogP contribution < -0.4 is 21.5 Å². The van der Waals surface area contributed by atoms with Gasteiger partial charge in [0.25, 0.3) is 11.5 Å². The highest BCUT2D eigenvalue weighted by Gasteiger charge is 2.19. The summed E-state index contributed by atoms with van der Waals surface area (Å²) in [5.41, 5.74) is 2.32.